The minimum atomic E-state index is -3.16. The van der Waals surface area contributed by atoms with Crippen molar-refractivity contribution in [2.75, 3.05) is 26.4 Å². The minimum absolute atomic E-state index is 0.186. The van der Waals surface area contributed by atoms with Crippen molar-refractivity contribution in [1.29, 1.82) is 0 Å². The number of carbonyl (C=O) groups excluding carboxylic acids is 1. The van der Waals surface area contributed by atoms with Crippen LogP contribution in [-0.2, 0) is 14.8 Å². The van der Waals surface area contributed by atoms with Crippen LogP contribution in [0.3, 0.4) is 0 Å². The third-order valence-electron chi connectivity index (χ3n) is 3.26. The molecule has 1 atom stereocenters. The molecule has 1 amide bonds. The van der Waals surface area contributed by atoms with Gasteiger partial charge in [0.25, 0.3) is 0 Å². The van der Waals surface area contributed by atoms with Gasteiger partial charge in [0.1, 0.15) is 4.33 Å². The van der Waals surface area contributed by atoms with Crippen LogP contribution in [0.2, 0.25) is 0 Å². The Morgan fingerprint density at radius 3 is 2.33 bits per heavy atom. The minimum Gasteiger partial charge on any atom is -0.355 e. The van der Waals surface area contributed by atoms with E-state index in [0.29, 0.717) is 25.9 Å². The summed E-state index contributed by atoms with van der Waals surface area (Å²) in [5, 5.41) is 2.72. The second-order valence-corrected chi connectivity index (χ2v) is 8.48. The number of hydrogen-bond acceptors (Lipinski definition) is 3. The maximum absolute atomic E-state index is 11.8. The van der Waals surface area contributed by atoms with E-state index in [1.165, 1.54) is 11.4 Å². The molecular formula is C10H18Cl2N2O3S. The zero-order valence-corrected chi connectivity index (χ0v) is 13.0. The van der Waals surface area contributed by atoms with Crippen LogP contribution >= 0.6 is 23.2 Å². The first kappa shape index (κ1) is 16.0. The quantitative estimate of drug-likeness (QED) is 0.586. The summed E-state index contributed by atoms with van der Waals surface area (Å²) >= 11 is 11.8. The molecule has 18 heavy (non-hydrogen) atoms. The molecule has 0 saturated heterocycles. The van der Waals surface area contributed by atoms with E-state index in [2.05, 4.69) is 5.32 Å². The predicted molar refractivity (Wildman–Crippen MR) is 72.3 cm³/mol. The molecular weight excluding hydrogens is 299 g/mol. The van der Waals surface area contributed by atoms with Crippen LogP contribution < -0.4 is 5.32 Å². The van der Waals surface area contributed by atoms with E-state index in [4.69, 9.17) is 23.2 Å². The highest BCUT2D eigenvalue weighted by atomic mass is 35.5. The molecule has 0 bridgehead atoms. The largest absolute Gasteiger partial charge is 0.355 e. The van der Waals surface area contributed by atoms with Crippen molar-refractivity contribution in [2.45, 2.75) is 24.1 Å². The molecule has 106 valence electrons. The summed E-state index contributed by atoms with van der Waals surface area (Å²) in [7, 11) is -1.66. The van der Waals surface area contributed by atoms with Crippen molar-refractivity contribution in [3.05, 3.63) is 0 Å². The molecule has 5 nitrogen and oxygen atoms in total. The highest BCUT2D eigenvalue weighted by Gasteiger charge is 2.67. The van der Waals surface area contributed by atoms with Gasteiger partial charge in [-0.15, -0.1) is 23.2 Å². The van der Waals surface area contributed by atoms with Gasteiger partial charge >= 0.3 is 0 Å². The first-order valence-corrected chi connectivity index (χ1v) is 8.18. The molecule has 1 aliphatic carbocycles. The standard InChI is InChI=1S/C10H18Cl2N2O3S/c1-9(7-10(9,11)12)8(15)13-5-4-6-14(2)18(3,16)17/h4-7H2,1-3H3,(H,13,15). The van der Waals surface area contributed by atoms with Crippen LogP contribution in [0.5, 0.6) is 0 Å². The number of halogens is 2. The highest BCUT2D eigenvalue weighted by molar-refractivity contribution is 7.88. The molecule has 0 aromatic rings. The Balaban J connectivity index is 2.26. The first-order valence-electron chi connectivity index (χ1n) is 5.58. The zero-order chi connectivity index (χ0) is 14.2. The fourth-order valence-electron chi connectivity index (χ4n) is 1.51. The highest BCUT2D eigenvalue weighted by Crippen LogP contribution is 2.63. The number of hydrogen-bond donors (Lipinski definition) is 1. The van der Waals surface area contributed by atoms with Gasteiger partial charge in [0.15, 0.2) is 0 Å². The van der Waals surface area contributed by atoms with Crippen LogP contribution in [0.1, 0.15) is 19.8 Å². The number of rotatable bonds is 6. The molecule has 1 unspecified atom stereocenters. The summed E-state index contributed by atoms with van der Waals surface area (Å²) in [4.78, 5) is 11.8. The zero-order valence-electron chi connectivity index (χ0n) is 10.7. The number of sulfonamides is 1. The van der Waals surface area contributed by atoms with E-state index in [-0.39, 0.29) is 5.91 Å². The van der Waals surface area contributed by atoms with Gasteiger partial charge in [0.05, 0.1) is 11.7 Å². The normalized spacial score (nSPS) is 26.1. The number of alkyl halides is 2. The third kappa shape index (κ3) is 3.50. The molecule has 0 aliphatic heterocycles. The maximum atomic E-state index is 11.8. The molecule has 1 rings (SSSR count). The number of carbonyl (C=O) groups is 1. The van der Waals surface area contributed by atoms with E-state index in [1.54, 1.807) is 6.92 Å². The summed E-state index contributed by atoms with van der Waals surface area (Å²) in [6.45, 7) is 2.48. The summed E-state index contributed by atoms with van der Waals surface area (Å²) in [5.41, 5.74) is -0.723. The Morgan fingerprint density at radius 1 is 1.44 bits per heavy atom. The predicted octanol–water partition coefficient (Wildman–Crippen LogP) is 0.968. The molecule has 1 aliphatic rings. The van der Waals surface area contributed by atoms with E-state index in [0.717, 1.165) is 6.26 Å². The number of nitrogens with zero attached hydrogens (tertiary/aromatic N) is 1. The maximum Gasteiger partial charge on any atom is 0.229 e. The van der Waals surface area contributed by atoms with Crippen LogP contribution in [-0.4, -0.2) is 49.4 Å². The lowest BCUT2D eigenvalue weighted by Gasteiger charge is -2.15. The summed E-state index contributed by atoms with van der Waals surface area (Å²) in [5.74, 6) is -0.186. The van der Waals surface area contributed by atoms with Gasteiger partial charge in [-0.1, -0.05) is 0 Å². The molecule has 0 radical (unpaired) electrons. The van der Waals surface area contributed by atoms with Gasteiger partial charge in [-0.05, 0) is 19.8 Å². The molecule has 0 aromatic heterocycles. The molecule has 0 heterocycles. The van der Waals surface area contributed by atoms with E-state index < -0.39 is 19.8 Å². The van der Waals surface area contributed by atoms with Crippen molar-refractivity contribution in [1.82, 2.24) is 9.62 Å². The van der Waals surface area contributed by atoms with Crippen molar-refractivity contribution < 1.29 is 13.2 Å². The second-order valence-electron chi connectivity index (χ2n) is 4.91. The molecule has 1 fully saturated rings. The average molecular weight is 317 g/mol. The lowest BCUT2D eigenvalue weighted by molar-refractivity contribution is -0.125. The Morgan fingerprint density at radius 2 is 1.94 bits per heavy atom. The summed E-state index contributed by atoms with van der Waals surface area (Å²) < 4.78 is 22.5. The average Bonchev–Trinajstić information content (AvgIpc) is 2.72. The van der Waals surface area contributed by atoms with E-state index >= 15 is 0 Å². The lowest BCUT2D eigenvalue weighted by Crippen LogP contribution is -2.35. The van der Waals surface area contributed by atoms with Gasteiger partial charge in [-0.25, -0.2) is 12.7 Å². The number of amides is 1. The smallest absolute Gasteiger partial charge is 0.229 e. The number of nitrogens with one attached hydrogen (secondary N) is 1. The van der Waals surface area contributed by atoms with E-state index in [9.17, 15) is 13.2 Å². The monoisotopic (exact) mass is 316 g/mol. The van der Waals surface area contributed by atoms with Crippen molar-refractivity contribution in [3.8, 4) is 0 Å². The fraction of sp³-hybridized carbons (Fsp3) is 0.900. The van der Waals surface area contributed by atoms with Crippen molar-refractivity contribution in [3.63, 3.8) is 0 Å². The van der Waals surface area contributed by atoms with E-state index in [1.807, 2.05) is 0 Å². The summed E-state index contributed by atoms with van der Waals surface area (Å²) in [6.07, 6.45) is 2.13. The van der Waals surface area contributed by atoms with Crippen LogP contribution in [0.15, 0.2) is 0 Å². The Bertz CT molecular complexity index is 438. The van der Waals surface area contributed by atoms with Crippen LogP contribution in [0.25, 0.3) is 0 Å². The lowest BCUT2D eigenvalue weighted by atomic mass is 10.1. The molecule has 8 heteroatoms. The Hall–Kier alpha value is -0.0400. The summed E-state index contributed by atoms with van der Waals surface area (Å²) in [6, 6.07) is 0. The topological polar surface area (TPSA) is 66.5 Å². The molecule has 1 saturated carbocycles. The fourth-order valence-corrected chi connectivity index (χ4v) is 2.68. The third-order valence-corrected chi connectivity index (χ3v) is 5.68. The first-order chi connectivity index (χ1) is 8.01. The Labute approximate surface area is 118 Å². The molecule has 0 spiro atoms. The van der Waals surface area contributed by atoms with Crippen LogP contribution in [0.4, 0.5) is 0 Å². The van der Waals surface area contributed by atoms with Gasteiger partial charge in [0.2, 0.25) is 15.9 Å². The SMILES string of the molecule is CN(CCCNC(=O)C1(C)CC1(Cl)Cl)S(C)(=O)=O. The van der Waals surface area contributed by atoms with Crippen molar-refractivity contribution >= 4 is 39.1 Å². The molecule has 0 aromatic carbocycles. The van der Waals surface area contributed by atoms with Crippen molar-refractivity contribution in [2.24, 2.45) is 5.41 Å². The van der Waals surface area contributed by atoms with Gasteiger partial charge < -0.3 is 5.32 Å². The molecule has 1 N–H and O–H groups in total. The van der Waals surface area contributed by atoms with Gasteiger partial charge in [-0.3, -0.25) is 4.79 Å². The van der Waals surface area contributed by atoms with Gasteiger partial charge in [-0.2, -0.15) is 0 Å². The van der Waals surface area contributed by atoms with Crippen LogP contribution in [0, 0.1) is 5.41 Å². The van der Waals surface area contributed by atoms with Gasteiger partial charge in [0, 0.05) is 20.1 Å². The second kappa shape index (κ2) is 5.15. The Kier molecular flexibility index (Phi) is 4.58.